The molecule has 1 fully saturated rings. The van der Waals surface area contributed by atoms with Crippen molar-refractivity contribution >= 4 is 11.4 Å². The van der Waals surface area contributed by atoms with Gasteiger partial charge in [-0.15, -0.1) is 0 Å². The number of halogens is 3. The van der Waals surface area contributed by atoms with E-state index >= 15 is 0 Å². The number of rotatable bonds is 4. The van der Waals surface area contributed by atoms with Crippen molar-refractivity contribution in [3.05, 3.63) is 69.3 Å². The van der Waals surface area contributed by atoms with Gasteiger partial charge in [0.15, 0.2) is 0 Å². The van der Waals surface area contributed by atoms with Gasteiger partial charge in [-0.25, -0.2) is 0 Å². The van der Waals surface area contributed by atoms with Gasteiger partial charge in [-0.3, -0.25) is 15.0 Å². The number of alkyl halides is 3. The molecule has 0 atom stereocenters. The number of nitro groups is 1. The molecule has 6 nitrogen and oxygen atoms in total. The Morgan fingerprint density at radius 1 is 1.11 bits per heavy atom. The third kappa shape index (κ3) is 4.23. The first-order valence-electron chi connectivity index (χ1n) is 8.60. The maximum Gasteiger partial charge on any atom is 0.416 e. The minimum atomic E-state index is -4.63. The molecule has 0 aromatic heterocycles. The van der Waals surface area contributed by atoms with Crippen molar-refractivity contribution in [2.45, 2.75) is 12.7 Å². The molecule has 0 bridgehead atoms. The van der Waals surface area contributed by atoms with Crippen LogP contribution in [0.1, 0.15) is 16.7 Å². The summed E-state index contributed by atoms with van der Waals surface area (Å²) in [5, 5.41) is 20.5. The van der Waals surface area contributed by atoms with E-state index in [-0.39, 0.29) is 5.69 Å². The lowest BCUT2D eigenvalue weighted by Crippen LogP contribution is -2.46. The average Bonchev–Trinajstić information content (AvgIpc) is 2.68. The molecule has 146 valence electrons. The molecule has 0 spiro atoms. The summed E-state index contributed by atoms with van der Waals surface area (Å²) in [5.41, 5.74) is 0.116. The van der Waals surface area contributed by atoms with E-state index in [0.29, 0.717) is 44.4 Å². The number of nitriles is 1. The van der Waals surface area contributed by atoms with Crippen molar-refractivity contribution in [3.63, 3.8) is 0 Å². The van der Waals surface area contributed by atoms with Crippen LogP contribution in [0, 0.1) is 21.4 Å². The Morgan fingerprint density at radius 2 is 1.79 bits per heavy atom. The second kappa shape index (κ2) is 7.86. The van der Waals surface area contributed by atoms with Crippen molar-refractivity contribution in [1.29, 1.82) is 5.26 Å². The van der Waals surface area contributed by atoms with E-state index < -0.39 is 22.4 Å². The minimum Gasteiger partial charge on any atom is -0.363 e. The van der Waals surface area contributed by atoms with Gasteiger partial charge in [-0.05, 0) is 23.8 Å². The Kier molecular flexibility index (Phi) is 5.51. The molecule has 3 rings (SSSR count). The normalized spacial score (nSPS) is 15.3. The number of nitrogens with zero attached hydrogens (tertiary/aromatic N) is 4. The SMILES string of the molecule is N#Cc1ccccc1CN1CCN(c2ccc(C(F)(F)F)cc2[N+](=O)[O-])CC1. The molecule has 1 saturated heterocycles. The number of hydrogen-bond donors (Lipinski definition) is 0. The molecule has 28 heavy (non-hydrogen) atoms. The molecule has 2 aromatic carbocycles. The molecule has 1 aliphatic rings. The first-order chi connectivity index (χ1) is 13.3. The second-order valence-electron chi connectivity index (χ2n) is 6.49. The quantitative estimate of drug-likeness (QED) is 0.586. The molecule has 0 saturated carbocycles. The van der Waals surface area contributed by atoms with Gasteiger partial charge in [0.2, 0.25) is 0 Å². The lowest BCUT2D eigenvalue weighted by atomic mass is 10.1. The molecule has 1 heterocycles. The molecule has 0 aliphatic carbocycles. The first kappa shape index (κ1) is 19.6. The zero-order valence-corrected chi connectivity index (χ0v) is 14.8. The monoisotopic (exact) mass is 390 g/mol. The van der Waals surface area contributed by atoms with Crippen LogP contribution in [0.2, 0.25) is 0 Å². The molecule has 9 heteroatoms. The predicted molar refractivity (Wildman–Crippen MR) is 96.7 cm³/mol. The van der Waals surface area contributed by atoms with Crippen LogP contribution >= 0.6 is 0 Å². The van der Waals surface area contributed by atoms with E-state index in [4.69, 9.17) is 0 Å². The van der Waals surface area contributed by atoms with Crippen LogP contribution in [-0.4, -0.2) is 36.0 Å². The van der Waals surface area contributed by atoms with Crippen LogP contribution in [0.25, 0.3) is 0 Å². The Morgan fingerprint density at radius 3 is 2.39 bits per heavy atom. The Labute approximate surface area is 159 Å². The maximum absolute atomic E-state index is 12.9. The summed E-state index contributed by atoms with van der Waals surface area (Å²) < 4.78 is 38.6. The zero-order chi connectivity index (χ0) is 20.3. The maximum atomic E-state index is 12.9. The second-order valence-corrected chi connectivity index (χ2v) is 6.49. The van der Waals surface area contributed by atoms with E-state index in [1.807, 2.05) is 12.1 Å². The van der Waals surface area contributed by atoms with Crippen LogP contribution < -0.4 is 4.90 Å². The highest BCUT2D eigenvalue weighted by Gasteiger charge is 2.34. The molecule has 0 amide bonds. The lowest BCUT2D eigenvalue weighted by Gasteiger charge is -2.36. The highest BCUT2D eigenvalue weighted by atomic mass is 19.4. The fourth-order valence-corrected chi connectivity index (χ4v) is 3.27. The summed E-state index contributed by atoms with van der Waals surface area (Å²) in [6, 6.07) is 12.1. The molecule has 1 aliphatic heterocycles. The third-order valence-corrected chi connectivity index (χ3v) is 4.74. The third-order valence-electron chi connectivity index (χ3n) is 4.74. The van der Waals surface area contributed by atoms with Gasteiger partial charge in [-0.2, -0.15) is 18.4 Å². The zero-order valence-electron chi connectivity index (χ0n) is 14.8. The summed E-state index contributed by atoms with van der Waals surface area (Å²) in [7, 11) is 0. The van der Waals surface area contributed by atoms with Crippen LogP contribution in [0.4, 0.5) is 24.5 Å². The van der Waals surface area contributed by atoms with Gasteiger partial charge in [0.05, 0.1) is 22.1 Å². The van der Waals surface area contributed by atoms with E-state index in [0.717, 1.165) is 11.6 Å². The number of anilines is 1. The standard InChI is InChI=1S/C19H17F3N4O2/c20-19(21,22)16-5-6-17(18(11-16)26(27)28)25-9-7-24(8-10-25)13-15-4-2-1-3-14(15)12-23/h1-6,11H,7-10,13H2. The van der Waals surface area contributed by atoms with Crippen molar-refractivity contribution in [1.82, 2.24) is 4.90 Å². The summed E-state index contributed by atoms with van der Waals surface area (Å²) >= 11 is 0. The summed E-state index contributed by atoms with van der Waals surface area (Å²) in [6.07, 6.45) is -4.63. The predicted octanol–water partition coefficient (Wildman–Crippen LogP) is 3.81. The Balaban J connectivity index is 1.73. The van der Waals surface area contributed by atoms with E-state index in [9.17, 15) is 28.5 Å². The average molecular weight is 390 g/mol. The van der Waals surface area contributed by atoms with Gasteiger partial charge < -0.3 is 4.90 Å². The minimum absolute atomic E-state index is 0.190. The summed E-state index contributed by atoms with van der Waals surface area (Å²) in [5.74, 6) is 0. The summed E-state index contributed by atoms with van der Waals surface area (Å²) in [4.78, 5) is 14.4. The Hall–Kier alpha value is -3.12. The van der Waals surface area contributed by atoms with Crippen molar-refractivity contribution in [2.24, 2.45) is 0 Å². The number of hydrogen-bond acceptors (Lipinski definition) is 5. The fraction of sp³-hybridized carbons (Fsp3) is 0.316. The first-order valence-corrected chi connectivity index (χ1v) is 8.60. The van der Waals surface area contributed by atoms with Crippen molar-refractivity contribution in [3.8, 4) is 6.07 Å². The molecule has 2 aromatic rings. The van der Waals surface area contributed by atoms with Crippen molar-refractivity contribution in [2.75, 3.05) is 31.1 Å². The molecule has 0 N–H and O–H groups in total. The van der Waals surface area contributed by atoms with Gasteiger partial charge in [0.1, 0.15) is 5.69 Å². The number of piperazine rings is 1. The van der Waals surface area contributed by atoms with E-state index in [1.54, 1.807) is 17.0 Å². The smallest absolute Gasteiger partial charge is 0.363 e. The highest BCUT2D eigenvalue weighted by molar-refractivity contribution is 5.65. The highest BCUT2D eigenvalue weighted by Crippen LogP contribution is 2.36. The largest absolute Gasteiger partial charge is 0.416 e. The Bertz CT molecular complexity index is 916. The summed E-state index contributed by atoms with van der Waals surface area (Å²) in [6.45, 7) is 2.63. The van der Waals surface area contributed by atoms with Crippen LogP contribution in [0.3, 0.4) is 0 Å². The van der Waals surface area contributed by atoms with E-state index in [1.165, 1.54) is 6.07 Å². The van der Waals surface area contributed by atoms with Gasteiger partial charge >= 0.3 is 6.18 Å². The fourth-order valence-electron chi connectivity index (χ4n) is 3.27. The van der Waals surface area contributed by atoms with Gasteiger partial charge in [-0.1, -0.05) is 18.2 Å². The van der Waals surface area contributed by atoms with E-state index in [2.05, 4.69) is 11.0 Å². The van der Waals surface area contributed by atoms with Crippen LogP contribution in [0.5, 0.6) is 0 Å². The molecule has 0 unspecified atom stereocenters. The van der Waals surface area contributed by atoms with Gasteiger partial charge in [0, 0.05) is 38.8 Å². The number of benzene rings is 2. The van der Waals surface area contributed by atoms with Crippen LogP contribution in [0.15, 0.2) is 42.5 Å². The molecular formula is C19H17F3N4O2. The van der Waals surface area contributed by atoms with Gasteiger partial charge in [0.25, 0.3) is 5.69 Å². The molecule has 0 radical (unpaired) electrons. The number of nitro benzene ring substituents is 1. The topological polar surface area (TPSA) is 73.4 Å². The van der Waals surface area contributed by atoms with Crippen molar-refractivity contribution < 1.29 is 18.1 Å². The van der Waals surface area contributed by atoms with Crippen LogP contribution in [-0.2, 0) is 12.7 Å². The lowest BCUT2D eigenvalue weighted by molar-refractivity contribution is -0.384. The molecular weight excluding hydrogens is 373 g/mol.